The van der Waals surface area contributed by atoms with E-state index in [0.717, 1.165) is 12.1 Å². The molecule has 1 aromatic carbocycles. The van der Waals surface area contributed by atoms with E-state index in [1.807, 2.05) is 0 Å². The van der Waals surface area contributed by atoms with Gasteiger partial charge in [-0.25, -0.2) is 9.78 Å². The van der Waals surface area contributed by atoms with Gasteiger partial charge in [-0.15, -0.1) is 0 Å². The van der Waals surface area contributed by atoms with Crippen LogP contribution < -0.4 is 4.74 Å². The molecule has 0 amide bonds. The molecule has 0 atom stereocenters. The molecule has 8 heteroatoms. The predicted molar refractivity (Wildman–Crippen MR) is 95.1 cm³/mol. The van der Waals surface area contributed by atoms with E-state index in [2.05, 4.69) is 9.97 Å². The van der Waals surface area contributed by atoms with Gasteiger partial charge in [0.25, 0.3) is 0 Å². The van der Waals surface area contributed by atoms with Gasteiger partial charge >= 0.3 is 12.1 Å². The molecule has 146 valence electrons. The van der Waals surface area contributed by atoms with E-state index in [1.54, 1.807) is 27.7 Å². The summed E-state index contributed by atoms with van der Waals surface area (Å²) in [4.78, 5) is 18.5. The highest BCUT2D eigenvalue weighted by Crippen LogP contribution is 2.35. The van der Waals surface area contributed by atoms with E-state index in [1.165, 1.54) is 24.4 Å². The van der Waals surface area contributed by atoms with Crippen molar-refractivity contribution in [1.82, 2.24) is 9.97 Å². The maximum atomic E-state index is 13.2. The number of carbonyl (C=O) groups is 1. The van der Waals surface area contributed by atoms with Crippen molar-refractivity contribution in [3.63, 3.8) is 0 Å². The zero-order valence-corrected chi connectivity index (χ0v) is 15.4. The summed E-state index contributed by atoms with van der Waals surface area (Å²) in [5, 5.41) is 0. The van der Waals surface area contributed by atoms with Crippen LogP contribution >= 0.6 is 0 Å². The fourth-order valence-corrected chi connectivity index (χ4v) is 2.23. The summed E-state index contributed by atoms with van der Waals surface area (Å²) in [7, 11) is 0. The molecule has 1 N–H and O–H groups in total. The van der Waals surface area contributed by atoms with E-state index in [0.29, 0.717) is 5.69 Å². The van der Waals surface area contributed by atoms with Gasteiger partial charge in [0.1, 0.15) is 11.6 Å². The molecule has 0 unspecified atom stereocenters. The molecular formula is C19H21F3N2O3. The first-order chi connectivity index (χ1) is 12.5. The first-order valence-corrected chi connectivity index (χ1v) is 8.38. The largest absolute Gasteiger partial charge is 0.491 e. The van der Waals surface area contributed by atoms with Crippen molar-refractivity contribution in [2.24, 2.45) is 0 Å². The number of ether oxygens (including phenoxy) is 2. The van der Waals surface area contributed by atoms with Crippen LogP contribution in [0.5, 0.6) is 5.75 Å². The van der Waals surface area contributed by atoms with Crippen LogP contribution in [0.1, 0.15) is 39.0 Å². The number of imidazole rings is 1. The van der Waals surface area contributed by atoms with Crippen LogP contribution in [0.15, 0.2) is 30.5 Å². The van der Waals surface area contributed by atoms with E-state index >= 15 is 0 Å². The molecule has 0 aliphatic rings. The third-order valence-corrected chi connectivity index (χ3v) is 3.22. The monoisotopic (exact) mass is 382 g/mol. The number of rotatable bonds is 6. The van der Waals surface area contributed by atoms with Crippen LogP contribution in [0.25, 0.3) is 17.5 Å². The van der Waals surface area contributed by atoms with Gasteiger partial charge in [-0.1, -0.05) is 0 Å². The number of nitrogens with zero attached hydrogens (tertiary/aromatic N) is 1. The Labute approximate surface area is 155 Å². The predicted octanol–water partition coefficient (Wildman–Crippen LogP) is 4.85. The third kappa shape index (κ3) is 6.16. The molecule has 0 saturated carbocycles. The number of esters is 1. The number of carbonyl (C=O) groups excluding carboxylic acids is 1. The Bertz CT molecular complexity index is 824. The van der Waals surface area contributed by atoms with Crippen molar-refractivity contribution in [2.75, 3.05) is 0 Å². The van der Waals surface area contributed by atoms with Crippen molar-refractivity contribution < 1.29 is 27.4 Å². The number of aromatic nitrogens is 2. The standard InChI is InChI=1S/C19H21F3N2O3/c1-11(2)26-16-8-13(7-14(9-16)19(20,21)22)18-23-10-15(24-18)5-6-17(25)27-12(3)4/h5-12H,1-4H3,(H,23,24)/b6-5-. The molecule has 5 nitrogen and oxygen atoms in total. The van der Waals surface area contributed by atoms with E-state index in [9.17, 15) is 18.0 Å². The SMILES string of the molecule is CC(C)OC(=O)/C=C\c1c[nH]c(-c2cc(OC(C)C)cc(C(F)(F)F)c2)n1. The first-order valence-electron chi connectivity index (χ1n) is 8.38. The van der Waals surface area contributed by atoms with E-state index < -0.39 is 17.7 Å². The maximum Gasteiger partial charge on any atom is 0.416 e. The van der Waals surface area contributed by atoms with Gasteiger partial charge in [0.2, 0.25) is 0 Å². The number of nitrogens with one attached hydrogen (secondary N) is 1. The molecule has 0 bridgehead atoms. The highest BCUT2D eigenvalue weighted by molar-refractivity contribution is 5.86. The lowest BCUT2D eigenvalue weighted by Gasteiger charge is -2.14. The van der Waals surface area contributed by atoms with Gasteiger partial charge in [0.05, 0.1) is 23.5 Å². The maximum absolute atomic E-state index is 13.2. The second-order valence-corrected chi connectivity index (χ2v) is 6.40. The minimum atomic E-state index is -4.51. The molecule has 0 saturated heterocycles. The van der Waals surface area contributed by atoms with Crippen LogP contribution in [0.3, 0.4) is 0 Å². The molecule has 0 fully saturated rings. The highest BCUT2D eigenvalue weighted by Gasteiger charge is 2.32. The van der Waals surface area contributed by atoms with Gasteiger partial charge in [-0.05, 0) is 52.0 Å². The summed E-state index contributed by atoms with van der Waals surface area (Å²) in [5.41, 5.74) is -0.219. The van der Waals surface area contributed by atoms with Crippen LogP contribution in [0.4, 0.5) is 13.2 Å². The lowest BCUT2D eigenvalue weighted by Crippen LogP contribution is -2.09. The first kappa shape index (κ1) is 20.5. The lowest BCUT2D eigenvalue weighted by atomic mass is 10.1. The van der Waals surface area contributed by atoms with Gasteiger partial charge in [0, 0.05) is 17.8 Å². The fraction of sp³-hybridized carbons (Fsp3) is 0.368. The van der Waals surface area contributed by atoms with Gasteiger partial charge < -0.3 is 14.5 Å². The number of hydrogen-bond acceptors (Lipinski definition) is 4. The molecule has 0 aliphatic heterocycles. The van der Waals surface area contributed by atoms with E-state index in [4.69, 9.17) is 9.47 Å². The Hall–Kier alpha value is -2.77. The minimum absolute atomic E-state index is 0.101. The van der Waals surface area contributed by atoms with Crippen LogP contribution in [-0.2, 0) is 15.7 Å². The number of alkyl halides is 3. The number of benzene rings is 1. The van der Waals surface area contributed by atoms with Crippen molar-refractivity contribution in [3.05, 3.63) is 41.7 Å². The van der Waals surface area contributed by atoms with Gasteiger partial charge in [-0.3, -0.25) is 0 Å². The summed E-state index contributed by atoms with van der Waals surface area (Å²) >= 11 is 0. The Morgan fingerprint density at radius 2 is 1.85 bits per heavy atom. The highest BCUT2D eigenvalue weighted by atomic mass is 19.4. The van der Waals surface area contributed by atoms with Crippen molar-refractivity contribution in [2.45, 2.75) is 46.1 Å². The Kier molecular flexibility index (Phi) is 6.30. The Morgan fingerprint density at radius 1 is 1.15 bits per heavy atom. The molecule has 1 heterocycles. The average molecular weight is 382 g/mol. The van der Waals surface area contributed by atoms with Crippen LogP contribution in [-0.4, -0.2) is 28.1 Å². The van der Waals surface area contributed by atoms with Crippen molar-refractivity contribution in [1.29, 1.82) is 0 Å². The van der Waals surface area contributed by atoms with Gasteiger partial charge in [0.15, 0.2) is 0 Å². The molecule has 0 aliphatic carbocycles. The van der Waals surface area contributed by atoms with E-state index in [-0.39, 0.29) is 29.3 Å². The third-order valence-electron chi connectivity index (χ3n) is 3.22. The zero-order chi connectivity index (χ0) is 20.2. The number of H-pyrrole nitrogens is 1. The number of aromatic amines is 1. The molecule has 2 aromatic rings. The smallest absolute Gasteiger partial charge is 0.416 e. The summed E-state index contributed by atoms with van der Waals surface area (Å²) in [6.45, 7) is 6.91. The van der Waals surface area contributed by atoms with Gasteiger partial charge in [-0.2, -0.15) is 13.2 Å². The molecule has 0 spiro atoms. The zero-order valence-electron chi connectivity index (χ0n) is 15.4. The van der Waals surface area contributed by atoms with Crippen LogP contribution in [0.2, 0.25) is 0 Å². The second kappa shape index (κ2) is 8.28. The Morgan fingerprint density at radius 3 is 2.44 bits per heavy atom. The Balaban J connectivity index is 2.31. The molecular weight excluding hydrogens is 361 g/mol. The minimum Gasteiger partial charge on any atom is -0.491 e. The summed E-state index contributed by atoms with van der Waals surface area (Å²) in [5.74, 6) is -0.198. The molecule has 0 radical (unpaired) electrons. The van der Waals surface area contributed by atoms with Crippen LogP contribution in [0, 0.1) is 0 Å². The summed E-state index contributed by atoms with van der Waals surface area (Å²) in [6, 6.07) is 3.43. The topological polar surface area (TPSA) is 64.2 Å². The van der Waals surface area contributed by atoms with Crippen molar-refractivity contribution in [3.8, 4) is 17.1 Å². The molecule has 27 heavy (non-hydrogen) atoms. The summed E-state index contributed by atoms with van der Waals surface area (Å²) in [6.07, 6.45) is -0.924. The number of hydrogen-bond donors (Lipinski definition) is 1. The lowest BCUT2D eigenvalue weighted by molar-refractivity contribution is -0.141. The molecule has 1 aromatic heterocycles. The summed E-state index contributed by atoms with van der Waals surface area (Å²) < 4.78 is 49.9. The number of halogens is 3. The molecule has 2 rings (SSSR count). The second-order valence-electron chi connectivity index (χ2n) is 6.40. The quantitative estimate of drug-likeness (QED) is 0.573. The average Bonchev–Trinajstić information content (AvgIpc) is 2.99. The fourth-order valence-electron chi connectivity index (χ4n) is 2.23. The normalized spacial score (nSPS) is 12.2. The van der Waals surface area contributed by atoms with Crippen molar-refractivity contribution >= 4 is 12.0 Å².